The van der Waals surface area contributed by atoms with E-state index in [4.69, 9.17) is 0 Å². The second kappa shape index (κ2) is 5.35. The van der Waals surface area contributed by atoms with Gasteiger partial charge in [-0.05, 0) is 37.3 Å². The fraction of sp³-hybridized carbons (Fsp3) is 0.529. The van der Waals surface area contributed by atoms with Gasteiger partial charge in [-0.15, -0.1) is 0 Å². The molecule has 3 N–H and O–H groups in total. The normalized spacial score (nSPS) is 28.6. The standard InChI is InChI=1S/C17H23N3O/c21-17(12-4-3-7-18-9-12)8-15-13-5-1-2-6-14(13)16-10-19-11-20(15)16/h1-2,5-6,10,12,15,17-19,21H,3-4,7-9,11H2. The van der Waals surface area contributed by atoms with Gasteiger partial charge in [0.1, 0.15) is 0 Å². The first kappa shape index (κ1) is 13.2. The number of hydrogen-bond donors (Lipinski definition) is 3. The number of rotatable bonds is 3. The minimum absolute atomic E-state index is 0.226. The molecule has 4 rings (SSSR count). The molecule has 3 heterocycles. The molecule has 21 heavy (non-hydrogen) atoms. The highest BCUT2D eigenvalue weighted by molar-refractivity contribution is 5.73. The van der Waals surface area contributed by atoms with Crippen LogP contribution >= 0.6 is 0 Å². The maximum absolute atomic E-state index is 10.7. The molecule has 0 aromatic heterocycles. The van der Waals surface area contributed by atoms with Gasteiger partial charge in [-0.25, -0.2) is 0 Å². The van der Waals surface area contributed by atoms with E-state index in [-0.39, 0.29) is 6.10 Å². The average Bonchev–Trinajstić information content (AvgIpc) is 3.11. The predicted octanol–water partition coefficient (Wildman–Crippen LogP) is 1.65. The summed E-state index contributed by atoms with van der Waals surface area (Å²) in [6.45, 7) is 2.90. The van der Waals surface area contributed by atoms with Crippen LogP contribution in [0.5, 0.6) is 0 Å². The smallest absolute Gasteiger partial charge is 0.0879 e. The van der Waals surface area contributed by atoms with Crippen molar-refractivity contribution in [1.29, 1.82) is 0 Å². The lowest BCUT2D eigenvalue weighted by molar-refractivity contribution is 0.0630. The Morgan fingerprint density at radius 3 is 3.10 bits per heavy atom. The Balaban J connectivity index is 1.56. The van der Waals surface area contributed by atoms with Gasteiger partial charge in [0.2, 0.25) is 0 Å². The third-order valence-corrected chi connectivity index (χ3v) is 5.13. The molecule has 3 aliphatic rings. The molecule has 0 saturated carbocycles. The number of fused-ring (bicyclic) bond motifs is 3. The van der Waals surface area contributed by atoms with Gasteiger partial charge in [0, 0.05) is 18.3 Å². The van der Waals surface area contributed by atoms with Gasteiger partial charge in [-0.2, -0.15) is 0 Å². The van der Waals surface area contributed by atoms with Gasteiger partial charge in [0.05, 0.1) is 24.5 Å². The second-order valence-electron chi connectivity index (χ2n) is 6.37. The fourth-order valence-corrected chi connectivity index (χ4v) is 3.99. The fourth-order valence-electron chi connectivity index (χ4n) is 3.99. The van der Waals surface area contributed by atoms with Crippen molar-refractivity contribution in [3.05, 3.63) is 41.6 Å². The molecule has 0 bridgehead atoms. The van der Waals surface area contributed by atoms with Crippen LogP contribution < -0.4 is 10.6 Å². The summed E-state index contributed by atoms with van der Waals surface area (Å²) in [4.78, 5) is 2.39. The molecule has 1 aromatic carbocycles. The van der Waals surface area contributed by atoms with Crippen LogP contribution in [0.1, 0.15) is 36.4 Å². The molecule has 0 spiro atoms. The molecule has 3 unspecified atom stereocenters. The van der Waals surface area contributed by atoms with Crippen molar-refractivity contribution in [2.75, 3.05) is 19.8 Å². The lowest BCUT2D eigenvalue weighted by Crippen LogP contribution is -2.38. The van der Waals surface area contributed by atoms with E-state index in [0.717, 1.165) is 32.6 Å². The molecule has 1 fully saturated rings. The molecule has 4 heteroatoms. The van der Waals surface area contributed by atoms with Crippen LogP contribution in [-0.4, -0.2) is 35.9 Å². The Morgan fingerprint density at radius 1 is 1.33 bits per heavy atom. The molecule has 3 atom stereocenters. The molecular formula is C17H23N3O. The van der Waals surface area contributed by atoms with Gasteiger partial charge >= 0.3 is 0 Å². The Bertz CT molecular complexity index is 551. The third-order valence-electron chi connectivity index (χ3n) is 5.13. The SMILES string of the molecule is OC(CC1c2ccccc2C2=CNCN21)C1CCCNC1. The van der Waals surface area contributed by atoms with Crippen molar-refractivity contribution < 1.29 is 5.11 Å². The number of piperidine rings is 1. The van der Waals surface area contributed by atoms with Crippen LogP contribution in [0.4, 0.5) is 0 Å². The highest BCUT2D eigenvalue weighted by Gasteiger charge is 2.37. The number of aliphatic hydroxyl groups excluding tert-OH is 1. The van der Waals surface area contributed by atoms with E-state index >= 15 is 0 Å². The number of aliphatic hydroxyl groups is 1. The number of hydrogen-bond acceptors (Lipinski definition) is 4. The first-order valence-corrected chi connectivity index (χ1v) is 8.03. The van der Waals surface area contributed by atoms with Crippen LogP contribution in [-0.2, 0) is 0 Å². The number of benzene rings is 1. The lowest BCUT2D eigenvalue weighted by atomic mass is 9.88. The summed E-state index contributed by atoms with van der Waals surface area (Å²) >= 11 is 0. The second-order valence-corrected chi connectivity index (χ2v) is 6.37. The summed E-state index contributed by atoms with van der Waals surface area (Å²) in [5, 5.41) is 17.4. The molecule has 0 amide bonds. The zero-order valence-electron chi connectivity index (χ0n) is 12.3. The molecule has 1 saturated heterocycles. The van der Waals surface area contributed by atoms with E-state index in [0.29, 0.717) is 12.0 Å². The van der Waals surface area contributed by atoms with Gasteiger partial charge in [0.25, 0.3) is 0 Å². The predicted molar refractivity (Wildman–Crippen MR) is 83.2 cm³/mol. The van der Waals surface area contributed by atoms with Crippen molar-refractivity contribution in [3.63, 3.8) is 0 Å². The van der Waals surface area contributed by atoms with Crippen LogP contribution in [0.3, 0.4) is 0 Å². The Hall–Kier alpha value is -1.52. The largest absolute Gasteiger partial charge is 0.393 e. The Morgan fingerprint density at radius 2 is 2.24 bits per heavy atom. The maximum atomic E-state index is 10.7. The first-order valence-electron chi connectivity index (χ1n) is 8.03. The van der Waals surface area contributed by atoms with Gasteiger partial charge in [0.15, 0.2) is 0 Å². The van der Waals surface area contributed by atoms with E-state index in [9.17, 15) is 5.11 Å². The highest BCUT2D eigenvalue weighted by Crippen LogP contribution is 2.45. The maximum Gasteiger partial charge on any atom is 0.0879 e. The lowest BCUT2D eigenvalue weighted by Gasteiger charge is -2.32. The van der Waals surface area contributed by atoms with Crippen molar-refractivity contribution in [3.8, 4) is 0 Å². The molecule has 0 aliphatic carbocycles. The number of nitrogens with zero attached hydrogens (tertiary/aromatic N) is 1. The quantitative estimate of drug-likeness (QED) is 0.790. The summed E-state index contributed by atoms with van der Waals surface area (Å²) in [6, 6.07) is 8.91. The summed E-state index contributed by atoms with van der Waals surface area (Å²) in [6.07, 6.45) is 5.02. The van der Waals surface area contributed by atoms with E-state index in [1.807, 2.05) is 0 Å². The molecule has 1 aromatic rings. The summed E-state index contributed by atoms with van der Waals surface area (Å²) in [7, 11) is 0. The number of nitrogens with one attached hydrogen (secondary N) is 2. The van der Waals surface area contributed by atoms with Gasteiger partial charge in [-0.3, -0.25) is 0 Å². The molecule has 0 radical (unpaired) electrons. The summed E-state index contributed by atoms with van der Waals surface area (Å²) in [5.74, 6) is 0.398. The van der Waals surface area contributed by atoms with Crippen molar-refractivity contribution in [2.45, 2.75) is 31.4 Å². The van der Waals surface area contributed by atoms with E-state index < -0.39 is 0 Å². The average molecular weight is 285 g/mol. The Labute approximate surface area is 125 Å². The molecule has 4 nitrogen and oxygen atoms in total. The third kappa shape index (κ3) is 2.23. The van der Waals surface area contributed by atoms with E-state index in [1.54, 1.807) is 0 Å². The zero-order chi connectivity index (χ0) is 14.2. The topological polar surface area (TPSA) is 47.5 Å². The minimum Gasteiger partial charge on any atom is -0.393 e. The first-order chi connectivity index (χ1) is 10.3. The zero-order valence-corrected chi connectivity index (χ0v) is 12.3. The molecular weight excluding hydrogens is 262 g/mol. The van der Waals surface area contributed by atoms with E-state index in [2.05, 4.69) is 46.0 Å². The van der Waals surface area contributed by atoms with Crippen molar-refractivity contribution >= 4 is 5.70 Å². The van der Waals surface area contributed by atoms with Gasteiger partial charge < -0.3 is 20.6 Å². The van der Waals surface area contributed by atoms with Crippen LogP contribution in [0, 0.1) is 5.92 Å². The highest BCUT2D eigenvalue weighted by atomic mass is 16.3. The van der Waals surface area contributed by atoms with Crippen molar-refractivity contribution in [2.24, 2.45) is 5.92 Å². The molecule has 112 valence electrons. The minimum atomic E-state index is -0.226. The van der Waals surface area contributed by atoms with Crippen molar-refractivity contribution in [1.82, 2.24) is 15.5 Å². The van der Waals surface area contributed by atoms with Crippen LogP contribution in [0.2, 0.25) is 0 Å². The van der Waals surface area contributed by atoms with E-state index in [1.165, 1.54) is 23.2 Å². The van der Waals surface area contributed by atoms with Crippen LogP contribution in [0.15, 0.2) is 30.5 Å². The monoisotopic (exact) mass is 285 g/mol. The molecule has 3 aliphatic heterocycles. The summed E-state index contributed by atoms with van der Waals surface area (Å²) in [5.41, 5.74) is 3.97. The van der Waals surface area contributed by atoms with Gasteiger partial charge in [-0.1, -0.05) is 24.3 Å². The van der Waals surface area contributed by atoms with Crippen LogP contribution in [0.25, 0.3) is 5.70 Å². The Kier molecular flexibility index (Phi) is 3.36. The summed E-state index contributed by atoms with van der Waals surface area (Å²) < 4.78 is 0.